The summed E-state index contributed by atoms with van der Waals surface area (Å²) in [7, 11) is 2.18. The molecule has 0 spiro atoms. The van der Waals surface area contributed by atoms with E-state index in [0.29, 0.717) is 6.04 Å². The summed E-state index contributed by atoms with van der Waals surface area (Å²) in [4.78, 5) is 6.76. The molecular weight excluding hydrogens is 322 g/mol. The average molecular weight is 349 g/mol. The molecule has 1 atom stereocenters. The van der Waals surface area contributed by atoms with Gasteiger partial charge in [-0.3, -0.25) is 4.68 Å². The Kier molecular flexibility index (Phi) is 4.10. The van der Waals surface area contributed by atoms with Crippen molar-refractivity contribution in [1.29, 1.82) is 0 Å². The lowest BCUT2D eigenvalue weighted by Gasteiger charge is -2.18. The van der Waals surface area contributed by atoms with E-state index < -0.39 is 0 Å². The van der Waals surface area contributed by atoms with Crippen molar-refractivity contribution in [2.75, 3.05) is 11.9 Å². The van der Waals surface area contributed by atoms with Crippen LogP contribution in [0.1, 0.15) is 29.4 Å². The lowest BCUT2D eigenvalue weighted by atomic mass is 10.1. The minimum Gasteiger partial charge on any atom is -0.371 e. The maximum Gasteiger partial charge on any atom is 0.0951 e. The van der Waals surface area contributed by atoms with Gasteiger partial charge < -0.3 is 9.47 Å². The first-order valence-electron chi connectivity index (χ1n) is 9.32. The van der Waals surface area contributed by atoms with Crippen molar-refractivity contribution in [3.63, 3.8) is 0 Å². The normalized spacial score (nSPS) is 16.3. The number of hydrogen-bond acceptors (Lipinski definition) is 3. The number of aryl methyl sites for hydroxylation is 3. The molecule has 3 aromatic rings. The van der Waals surface area contributed by atoms with Crippen LogP contribution in [0.25, 0.3) is 11.3 Å². The zero-order chi connectivity index (χ0) is 18.4. The van der Waals surface area contributed by atoms with E-state index in [1.807, 2.05) is 12.5 Å². The van der Waals surface area contributed by atoms with E-state index in [9.17, 15) is 0 Å². The van der Waals surface area contributed by atoms with E-state index in [-0.39, 0.29) is 0 Å². The number of imidazole rings is 1. The van der Waals surface area contributed by atoms with Gasteiger partial charge in [0.15, 0.2) is 0 Å². The summed E-state index contributed by atoms with van der Waals surface area (Å²) < 4.78 is 4.34. The van der Waals surface area contributed by atoms with Crippen LogP contribution in [-0.2, 0) is 19.5 Å². The monoisotopic (exact) mass is 349 g/mol. The molecule has 5 heteroatoms. The van der Waals surface area contributed by atoms with E-state index in [1.54, 1.807) is 0 Å². The number of hydrogen-bond donors (Lipinski definition) is 0. The van der Waals surface area contributed by atoms with E-state index in [2.05, 4.69) is 77.2 Å². The Morgan fingerprint density at radius 1 is 1.15 bits per heavy atom. The van der Waals surface area contributed by atoms with Gasteiger partial charge >= 0.3 is 0 Å². The number of nitrogens with zero attached hydrogens (tertiary/aromatic N) is 5. The first kappa shape index (κ1) is 16.9. The fourth-order valence-corrected chi connectivity index (χ4v) is 3.89. The van der Waals surface area contributed by atoms with Crippen LogP contribution in [0.3, 0.4) is 0 Å². The van der Waals surface area contributed by atoms with Crippen LogP contribution >= 0.6 is 0 Å². The van der Waals surface area contributed by atoms with Gasteiger partial charge in [0.05, 0.1) is 30.5 Å². The molecule has 0 amide bonds. The maximum atomic E-state index is 4.65. The molecule has 1 aliphatic heterocycles. The van der Waals surface area contributed by atoms with Gasteiger partial charge in [-0.25, -0.2) is 4.98 Å². The van der Waals surface area contributed by atoms with Crippen molar-refractivity contribution >= 4 is 5.69 Å². The van der Waals surface area contributed by atoms with Gasteiger partial charge in [-0.2, -0.15) is 5.10 Å². The van der Waals surface area contributed by atoms with E-state index in [0.717, 1.165) is 25.2 Å². The van der Waals surface area contributed by atoms with Gasteiger partial charge in [0.25, 0.3) is 0 Å². The lowest BCUT2D eigenvalue weighted by molar-refractivity contribution is 0.523. The molecule has 2 aromatic heterocycles. The summed E-state index contributed by atoms with van der Waals surface area (Å²) in [6, 6.07) is 7.36. The third-order valence-corrected chi connectivity index (χ3v) is 5.94. The Balaban J connectivity index is 1.58. The fourth-order valence-electron chi connectivity index (χ4n) is 3.89. The summed E-state index contributed by atoms with van der Waals surface area (Å²) >= 11 is 0. The van der Waals surface area contributed by atoms with Gasteiger partial charge in [0.1, 0.15) is 0 Å². The van der Waals surface area contributed by atoms with Crippen molar-refractivity contribution in [3.8, 4) is 11.3 Å². The molecule has 0 unspecified atom stereocenters. The topological polar surface area (TPSA) is 38.9 Å². The summed E-state index contributed by atoms with van der Waals surface area (Å²) in [6.45, 7) is 10.4. The number of rotatable bonds is 4. The fraction of sp³-hybridized carbons (Fsp3) is 0.429. The summed E-state index contributed by atoms with van der Waals surface area (Å²) in [5, 5.41) is 4.65. The molecule has 26 heavy (non-hydrogen) atoms. The van der Waals surface area contributed by atoms with E-state index >= 15 is 0 Å². The number of anilines is 1. The van der Waals surface area contributed by atoms with Crippen LogP contribution in [0.4, 0.5) is 5.69 Å². The highest BCUT2D eigenvalue weighted by Gasteiger charge is 2.23. The smallest absolute Gasteiger partial charge is 0.0951 e. The summed E-state index contributed by atoms with van der Waals surface area (Å²) in [5.74, 6) is 0. The van der Waals surface area contributed by atoms with E-state index in [1.165, 1.54) is 33.8 Å². The third-order valence-electron chi connectivity index (χ3n) is 5.94. The minimum absolute atomic E-state index is 0.569. The predicted molar refractivity (Wildman–Crippen MR) is 106 cm³/mol. The van der Waals surface area contributed by atoms with Crippen LogP contribution in [0.5, 0.6) is 0 Å². The molecule has 4 rings (SSSR count). The van der Waals surface area contributed by atoms with Gasteiger partial charge in [0.2, 0.25) is 0 Å². The molecule has 1 aliphatic rings. The van der Waals surface area contributed by atoms with Crippen LogP contribution in [0.2, 0.25) is 0 Å². The van der Waals surface area contributed by atoms with Crippen molar-refractivity contribution in [2.45, 2.75) is 53.2 Å². The first-order valence-corrected chi connectivity index (χ1v) is 9.32. The Labute approximate surface area is 155 Å². The largest absolute Gasteiger partial charge is 0.371 e. The lowest BCUT2D eigenvalue weighted by Crippen LogP contribution is -2.23. The Morgan fingerprint density at radius 2 is 1.96 bits per heavy atom. The third kappa shape index (κ3) is 2.71. The summed E-state index contributed by atoms with van der Waals surface area (Å²) in [5.41, 5.74) is 8.85. The van der Waals surface area contributed by atoms with Crippen LogP contribution < -0.4 is 4.90 Å². The van der Waals surface area contributed by atoms with Crippen LogP contribution in [-0.4, -0.2) is 32.4 Å². The molecule has 0 saturated carbocycles. The quantitative estimate of drug-likeness (QED) is 0.720. The van der Waals surface area contributed by atoms with Crippen molar-refractivity contribution in [2.24, 2.45) is 0 Å². The van der Waals surface area contributed by atoms with Gasteiger partial charge in [-0.1, -0.05) is 6.07 Å². The molecule has 0 radical (unpaired) electrons. The second kappa shape index (κ2) is 6.31. The van der Waals surface area contributed by atoms with Gasteiger partial charge in [-0.15, -0.1) is 0 Å². The van der Waals surface area contributed by atoms with Gasteiger partial charge in [0, 0.05) is 36.6 Å². The molecule has 0 bridgehead atoms. The zero-order valence-corrected chi connectivity index (χ0v) is 16.3. The molecular formula is C21H27N5. The van der Waals surface area contributed by atoms with Crippen LogP contribution in [0.15, 0.2) is 30.7 Å². The molecule has 136 valence electrons. The molecule has 1 aromatic carbocycles. The van der Waals surface area contributed by atoms with Crippen molar-refractivity contribution in [3.05, 3.63) is 53.2 Å². The first-order chi connectivity index (χ1) is 12.5. The highest BCUT2D eigenvalue weighted by atomic mass is 15.3. The van der Waals surface area contributed by atoms with Gasteiger partial charge in [-0.05, 0) is 57.4 Å². The second-order valence-corrected chi connectivity index (χ2v) is 7.50. The minimum atomic E-state index is 0.569. The SMILES string of the molecule is Cc1nn(CCn2cncc2-c2ccc3c(c2)C[C@@H](C)N3C)c(C)c1C. The Bertz CT molecular complexity index is 949. The molecule has 0 fully saturated rings. The van der Waals surface area contributed by atoms with Crippen LogP contribution in [0, 0.1) is 20.8 Å². The zero-order valence-electron chi connectivity index (χ0n) is 16.3. The van der Waals surface area contributed by atoms with E-state index in [4.69, 9.17) is 0 Å². The highest BCUT2D eigenvalue weighted by Crippen LogP contribution is 2.34. The number of likely N-dealkylation sites (N-methyl/N-ethyl adjacent to an activating group) is 1. The van der Waals surface area contributed by atoms with Crippen molar-refractivity contribution in [1.82, 2.24) is 19.3 Å². The average Bonchev–Trinajstić information content (AvgIpc) is 3.27. The second-order valence-electron chi connectivity index (χ2n) is 7.50. The number of aromatic nitrogens is 4. The molecule has 0 saturated heterocycles. The summed E-state index contributed by atoms with van der Waals surface area (Å²) in [6.07, 6.45) is 5.00. The number of fused-ring (bicyclic) bond motifs is 1. The molecule has 5 nitrogen and oxygen atoms in total. The maximum absolute atomic E-state index is 4.65. The molecule has 0 aliphatic carbocycles. The standard InChI is InChI=1S/C21H27N5/c1-14-10-19-11-18(6-7-20(19)24(14)5)21-12-22-13-25(21)8-9-26-17(4)15(2)16(3)23-26/h6-7,11-14H,8-10H2,1-5H3/t14-/m1/s1. The predicted octanol–water partition coefficient (Wildman–Crippen LogP) is 3.75. The molecule has 0 N–H and O–H groups in total. The Morgan fingerprint density at radius 3 is 2.69 bits per heavy atom. The molecule has 3 heterocycles. The number of benzene rings is 1. The van der Waals surface area contributed by atoms with Crippen molar-refractivity contribution < 1.29 is 0 Å². The Hall–Kier alpha value is -2.56. The highest BCUT2D eigenvalue weighted by molar-refractivity contribution is 5.69.